The molecule has 0 saturated carbocycles. The maximum absolute atomic E-state index is 9.65. The van der Waals surface area contributed by atoms with Crippen LogP contribution in [-0.2, 0) is 4.79 Å². The molecule has 13 heavy (non-hydrogen) atoms. The number of hydrogen-bond donors (Lipinski definition) is 4. The van der Waals surface area contributed by atoms with Gasteiger partial charge in [-0.15, -0.1) is 0 Å². The monoisotopic (exact) mass is 194 g/mol. The van der Waals surface area contributed by atoms with Crippen molar-refractivity contribution >= 4 is 5.97 Å². The Bertz CT molecular complexity index is 113. The SMILES string of the molecule is CC(O)CCO.O=C(O)CCCO. The summed E-state index contributed by atoms with van der Waals surface area (Å²) in [5.74, 6) is -0.853. The molecule has 0 aliphatic carbocycles. The Kier molecular flexibility index (Phi) is 13.0. The van der Waals surface area contributed by atoms with Crippen LogP contribution in [0.3, 0.4) is 0 Å². The highest BCUT2D eigenvalue weighted by molar-refractivity contribution is 5.66. The highest BCUT2D eigenvalue weighted by atomic mass is 16.4. The molecular weight excluding hydrogens is 176 g/mol. The third-order valence-corrected chi connectivity index (χ3v) is 1.10. The van der Waals surface area contributed by atoms with Gasteiger partial charge in [-0.2, -0.15) is 0 Å². The van der Waals surface area contributed by atoms with Crippen LogP contribution in [-0.4, -0.2) is 45.7 Å². The molecule has 1 atom stereocenters. The molecule has 0 radical (unpaired) electrons. The summed E-state index contributed by atoms with van der Waals surface area (Å²) in [5.41, 5.74) is 0. The van der Waals surface area contributed by atoms with Gasteiger partial charge in [0.25, 0.3) is 0 Å². The molecule has 5 nitrogen and oxygen atoms in total. The number of carboxylic acids is 1. The molecule has 0 spiro atoms. The van der Waals surface area contributed by atoms with Crippen LogP contribution in [0.2, 0.25) is 0 Å². The fourth-order valence-electron chi connectivity index (χ4n) is 0.417. The molecule has 4 N–H and O–H groups in total. The van der Waals surface area contributed by atoms with E-state index in [1.54, 1.807) is 6.92 Å². The Hall–Kier alpha value is -0.650. The summed E-state index contributed by atoms with van der Waals surface area (Å²) in [6, 6.07) is 0. The number of carboxylic acid groups (broad SMARTS) is 1. The van der Waals surface area contributed by atoms with Gasteiger partial charge in [0.1, 0.15) is 0 Å². The second kappa shape index (κ2) is 11.4. The first kappa shape index (κ1) is 14.9. The summed E-state index contributed by atoms with van der Waals surface area (Å²) >= 11 is 0. The standard InChI is InChI=1S/C4H8O3.C4H10O2/c5-3-1-2-4(6)7;1-4(6)2-3-5/h5H,1-3H2,(H,6,7);4-6H,2-3H2,1H3. The van der Waals surface area contributed by atoms with Gasteiger partial charge in [0.15, 0.2) is 0 Å². The molecule has 80 valence electrons. The van der Waals surface area contributed by atoms with Crippen LogP contribution in [0.5, 0.6) is 0 Å². The minimum atomic E-state index is -0.853. The number of hydrogen-bond acceptors (Lipinski definition) is 4. The molecule has 0 aromatic carbocycles. The average molecular weight is 194 g/mol. The Morgan fingerprint density at radius 2 is 1.85 bits per heavy atom. The molecule has 0 saturated heterocycles. The van der Waals surface area contributed by atoms with E-state index in [1.807, 2.05) is 0 Å². The van der Waals surface area contributed by atoms with Crippen LogP contribution >= 0.6 is 0 Å². The van der Waals surface area contributed by atoms with E-state index in [0.717, 1.165) is 0 Å². The van der Waals surface area contributed by atoms with E-state index in [9.17, 15) is 4.79 Å². The fourth-order valence-corrected chi connectivity index (χ4v) is 0.417. The third-order valence-electron chi connectivity index (χ3n) is 1.10. The zero-order valence-corrected chi connectivity index (χ0v) is 7.81. The smallest absolute Gasteiger partial charge is 0.303 e. The van der Waals surface area contributed by atoms with E-state index in [0.29, 0.717) is 12.8 Å². The molecule has 0 rings (SSSR count). The van der Waals surface area contributed by atoms with E-state index in [-0.39, 0.29) is 25.7 Å². The highest BCUT2D eigenvalue weighted by Crippen LogP contribution is 1.83. The molecule has 0 bridgehead atoms. The van der Waals surface area contributed by atoms with E-state index in [2.05, 4.69) is 0 Å². The van der Waals surface area contributed by atoms with Gasteiger partial charge in [0.2, 0.25) is 0 Å². The second-order valence-electron chi connectivity index (χ2n) is 2.58. The van der Waals surface area contributed by atoms with Crippen LogP contribution in [0.15, 0.2) is 0 Å². The van der Waals surface area contributed by atoms with Gasteiger partial charge in [-0.25, -0.2) is 0 Å². The molecule has 0 fully saturated rings. The predicted octanol–water partition coefficient (Wildman–Crippen LogP) is -0.407. The molecule has 0 aromatic heterocycles. The largest absolute Gasteiger partial charge is 0.481 e. The van der Waals surface area contributed by atoms with E-state index in [4.69, 9.17) is 20.4 Å². The van der Waals surface area contributed by atoms with E-state index in [1.165, 1.54) is 0 Å². The van der Waals surface area contributed by atoms with Crippen LogP contribution in [0.4, 0.5) is 0 Å². The van der Waals surface area contributed by atoms with Gasteiger partial charge >= 0.3 is 5.97 Å². The number of carbonyl (C=O) groups is 1. The van der Waals surface area contributed by atoms with Gasteiger partial charge in [0.05, 0.1) is 6.10 Å². The average Bonchev–Trinajstić information content (AvgIpc) is 2.01. The van der Waals surface area contributed by atoms with Crippen molar-refractivity contribution in [2.75, 3.05) is 13.2 Å². The minimum absolute atomic E-state index is 0.0354. The maximum Gasteiger partial charge on any atom is 0.303 e. The summed E-state index contributed by atoms with van der Waals surface area (Å²) in [5, 5.41) is 32.5. The lowest BCUT2D eigenvalue weighted by molar-refractivity contribution is -0.137. The zero-order chi connectivity index (χ0) is 10.7. The molecule has 0 aromatic rings. The third kappa shape index (κ3) is 24.6. The van der Waals surface area contributed by atoms with E-state index < -0.39 is 5.97 Å². The maximum atomic E-state index is 9.65. The Balaban J connectivity index is 0. The van der Waals surface area contributed by atoms with Crippen molar-refractivity contribution in [3.05, 3.63) is 0 Å². The van der Waals surface area contributed by atoms with Crippen LogP contribution in [0.25, 0.3) is 0 Å². The second-order valence-corrected chi connectivity index (χ2v) is 2.58. The van der Waals surface area contributed by atoms with Gasteiger partial charge in [-0.05, 0) is 19.8 Å². The molecule has 0 amide bonds. The Morgan fingerprint density at radius 3 is 1.92 bits per heavy atom. The van der Waals surface area contributed by atoms with Crippen molar-refractivity contribution in [2.45, 2.75) is 32.3 Å². The van der Waals surface area contributed by atoms with Crippen LogP contribution < -0.4 is 0 Å². The summed E-state index contributed by atoms with van der Waals surface area (Å²) in [6.07, 6.45) is 0.557. The molecule has 0 aliphatic rings. The number of aliphatic carboxylic acids is 1. The molecule has 1 unspecified atom stereocenters. The Morgan fingerprint density at radius 1 is 1.31 bits per heavy atom. The summed E-state index contributed by atoms with van der Waals surface area (Å²) in [6.45, 7) is 1.69. The first-order chi connectivity index (χ1) is 6.04. The molecular formula is C8H18O5. The molecule has 0 heterocycles. The number of aliphatic hydroxyl groups excluding tert-OH is 3. The van der Waals surface area contributed by atoms with E-state index >= 15 is 0 Å². The quantitative estimate of drug-likeness (QED) is 0.477. The van der Waals surface area contributed by atoms with Crippen LogP contribution in [0.1, 0.15) is 26.2 Å². The van der Waals surface area contributed by atoms with Gasteiger partial charge in [-0.3, -0.25) is 4.79 Å². The lowest BCUT2D eigenvalue weighted by Crippen LogP contribution is -2.00. The highest BCUT2D eigenvalue weighted by Gasteiger charge is 1.91. The van der Waals surface area contributed by atoms with Crippen molar-refractivity contribution in [1.82, 2.24) is 0 Å². The summed E-state index contributed by atoms with van der Waals surface area (Å²) in [7, 11) is 0. The lowest BCUT2D eigenvalue weighted by Gasteiger charge is -1.95. The minimum Gasteiger partial charge on any atom is -0.481 e. The van der Waals surface area contributed by atoms with Crippen molar-refractivity contribution in [3.63, 3.8) is 0 Å². The normalized spacial score (nSPS) is 11.4. The summed E-state index contributed by atoms with van der Waals surface area (Å²) in [4.78, 5) is 9.65. The number of aliphatic hydroxyl groups is 3. The van der Waals surface area contributed by atoms with Gasteiger partial charge in [-0.1, -0.05) is 0 Å². The topological polar surface area (TPSA) is 98.0 Å². The molecule has 5 heteroatoms. The predicted molar refractivity (Wildman–Crippen MR) is 47.3 cm³/mol. The van der Waals surface area contributed by atoms with Gasteiger partial charge in [0, 0.05) is 19.6 Å². The van der Waals surface area contributed by atoms with Crippen LogP contribution in [0, 0.1) is 0 Å². The first-order valence-electron chi connectivity index (χ1n) is 4.16. The Labute approximate surface area is 77.6 Å². The zero-order valence-electron chi connectivity index (χ0n) is 7.81. The van der Waals surface area contributed by atoms with Gasteiger partial charge < -0.3 is 20.4 Å². The lowest BCUT2D eigenvalue weighted by atomic mass is 10.3. The fraction of sp³-hybridized carbons (Fsp3) is 0.875. The first-order valence-corrected chi connectivity index (χ1v) is 4.16. The van der Waals surface area contributed by atoms with Crippen molar-refractivity contribution in [1.29, 1.82) is 0 Å². The van der Waals surface area contributed by atoms with Crippen molar-refractivity contribution < 1.29 is 25.2 Å². The van der Waals surface area contributed by atoms with Crippen molar-refractivity contribution in [2.24, 2.45) is 0 Å². The van der Waals surface area contributed by atoms with Crippen molar-refractivity contribution in [3.8, 4) is 0 Å². The summed E-state index contributed by atoms with van der Waals surface area (Å²) < 4.78 is 0. The molecule has 0 aliphatic heterocycles. The number of rotatable bonds is 5.